The van der Waals surface area contributed by atoms with Crippen LogP contribution in [0, 0.1) is 6.92 Å². The van der Waals surface area contributed by atoms with E-state index in [0.29, 0.717) is 25.1 Å². The summed E-state index contributed by atoms with van der Waals surface area (Å²) in [6.45, 7) is 3.13. The van der Waals surface area contributed by atoms with Crippen molar-refractivity contribution in [2.24, 2.45) is 0 Å². The topological polar surface area (TPSA) is 58.6 Å². The van der Waals surface area contributed by atoms with Gasteiger partial charge in [0.25, 0.3) is 5.91 Å². The van der Waals surface area contributed by atoms with Gasteiger partial charge in [-0.2, -0.15) is 0 Å². The summed E-state index contributed by atoms with van der Waals surface area (Å²) in [5.41, 5.74) is 2.76. The van der Waals surface area contributed by atoms with E-state index in [-0.39, 0.29) is 17.9 Å². The number of ether oxygens (including phenoxy) is 1. The second-order valence-electron chi connectivity index (χ2n) is 6.63. The van der Waals surface area contributed by atoms with E-state index in [1.807, 2.05) is 60.4 Å². The Bertz CT molecular complexity index is 786. The van der Waals surface area contributed by atoms with Crippen molar-refractivity contribution in [3.05, 3.63) is 65.2 Å². The minimum Gasteiger partial charge on any atom is -0.497 e. The summed E-state index contributed by atoms with van der Waals surface area (Å²) in [6, 6.07) is 15.2. The van der Waals surface area contributed by atoms with Crippen LogP contribution in [0.1, 0.15) is 27.9 Å². The van der Waals surface area contributed by atoms with Crippen molar-refractivity contribution >= 4 is 11.8 Å². The van der Waals surface area contributed by atoms with Crippen LogP contribution in [-0.4, -0.2) is 43.0 Å². The van der Waals surface area contributed by atoms with Gasteiger partial charge in [0.2, 0.25) is 5.91 Å². The second-order valence-corrected chi connectivity index (χ2v) is 6.63. The molecule has 1 atom stereocenters. The fourth-order valence-corrected chi connectivity index (χ4v) is 3.23. The molecule has 0 saturated carbocycles. The summed E-state index contributed by atoms with van der Waals surface area (Å²) in [7, 11) is 1.64. The highest BCUT2D eigenvalue weighted by Gasteiger charge is 2.30. The number of aryl methyl sites for hydroxylation is 1. The molecule has 1 heterocycles. The number of nitrogens with zero attached hydrogens (tertiary/aromatic N) is 1. The number of hydrogen-bond acceptors (Lipinski definition) is 3. The lowest BCUT2D eigenvalue weighted by molar-refractivity contribution is -0.127. The summed E-state index contributed by atoms with van der Waals surface area (Å²) in [4.78, 5) is 26.5. The van der Waals surface area contributed by atoms with Crippen molar-refractivity contribution in [1.29, 1.82) is 0 Å². The van der Waals surface area contributed by atoms with Crippen LogP contribution in [0.25, 0.3) is 0 Å². The summed E-state index contributed by atoms with van der Waals surface area (Å²) < 4.78 is 5.16. The predicted molar refractivity (Wildman–Crippen MR) is 100 cm³/mol. The number of likely N-dealkylation sites (tertiary alicyclic amines) is 1. The average molecular weight is 352 g/mol. The Morgan fingerprint density at radius 2 is 1.92 bits per heavy atom. The zero-order valence-corrected chi connectivity index (χ0v) is 15.2. The number of benzene rings is 2. The summed E-state index contributed by atoms with van der Waals surface area (Å²) >= 11 is 0. The number of methoxy groups -OCH3 is 1. The first kappa shape index (κ1) is 18.0. The fraction of sp³-hybridized carbons (Fsp3) is 0.333. The molecule has 26 heavy (non-hydrogen) atoms. The molecule has 2 amide bonds. The molecule has 1 aliphatic heterocycles. The average Bonchev–Trinajstić information content (AvgIpc) is 2.99. The highest BCUT2D eigenvalue weighted by Crippen LogP contribution is 2.16. The molecule has 0 bridgehead atoms. The van der Waals surface area contributed by atoms with Crippen molar-refractivity contribution in [3.63, 3.8) is 0 Å². The maximum atomic E-state index is 12.4. The van der Waals surface area contributed by atoms with Crippen LogP contribution < -0.4 is 10.1 Å². The molecule has 2 aromatic carbocycles. The predicted octanol–water partition coefficient (Wildman–Crippen LogP) is 2.58. The maximum absolute atomic E-state index is 12.4. The molecule has 0 radical (unpaired) electrons. The van der Waals surface area contributed by atoms with Gasteiger partial charge in [-0.3, -0.25) is 9.59 Å². The Labute approximate surface area is 154 Å². The van der Waals surface area contributed by atoms with E-state index in [1.165, 1.54) is 0 Å². The van der Waals surface area contributed by atoms with Crippen molar-refractivity contribution in [1.82, 2.24) is 10.2 Å². The first-order valence-corrected chi connectivity index (χ1v) is 8.84. The van der Waals surface area contributed by atoms with E-state index in [4.69, 9.17) is 4.74 Å². The molecule has 136 valence electrons. The lowest BCUT2D eigenvalue weighted by Gasteiger charge is -2.17. The number of hydrogen-bond donors (Lipinski definition) is 1. The van der Waals surface area contributed by atoms with Crippen LogP contribution in [0.15, 0.2) is 48.5 Å². The van der Waals surface area contributed by atoms with Crippen LogP contribution in [0.2, 0.25) is 0 Å². The molecule has 0 spiro atoms. The molecular formula is C21H24N2O3. The largest absolute Gasteiger partial charge is 0.497 e. The van der Waals surface area contributed by atoms with Gasteiger partial charge in [0.1, 0.15) is 5.75 Å². The van der Waals surface area contributed by atoms with Gasteiger partial charge in [-0.15, -0.1) is 0 Å². The summed E-state index contributed by atoms with van der Waals surface area (Å²) in [6.07, 6.45) is 1.15. The highest BCUT2D eigenvalue weighted by atomic mass is 16.5. The molecule has 1 saturated heterocycles. The minimum absolute atomic E-state index is 0.0913. The highest BCUT2D eigenvalue weighted by molar-refractivity contribution is 5.96. The lowest BCUT2D eigenvalue weighted by Crippen LogP contribution is -2.37. The number of amides is 2. The standard InChI is InChI=1S/C21H24N2O3/c1-15-5-3-4-6-19(15)21(25)22-17-13-20(24)23(14-17)12-11-16-7-9-18(26-2)10-8-16/h3-10,17H,11-14H2,1-2H3,(H,22,25)/t17-/m0/s1. The molecule has 0 aliphatic carbocycles. The van der Waals surface area contributed by atoms with Gasteiger partial charge in [-0.25, -0.2) is 0 Å². The number of nitrogens with one attached hydrogen (secondary N) is 1. The Balaban J connectivity index is 1.53. The Morgan fingerprint density at radius 3 is 2.62 bits per heavy atom. The third kappa shape index (κ3) is 4.23. The normalized spacial score (nSPS) is 16.6. The Hall–Kier alpha value is -2.82. The number of carbonyl (C=O) groups is 2. The summed E-state index contributed by atoms with van der Waals surface area (Å²) in [5, 5.41) is 2.99. The van der Waals surface area contributed by atoms with E-state index in [0.717, 1.165) is 23.3 Å². The van der Waals surface area contributed by atoms with E-state index in [2.05, 4.69) is 5.32 Å². The van der Waals surface area contributed by atoms with E-state index < -0.39 is 0 Å². The van der Waals surface area contributed by atoms with Crippen molar-refractivity contribution in [2.75, 3.05) is 20.2 Å². The SMILES string of the molecule is COc1ccc(CCN2C[C@@H](NC(=O)c3ccccc3C)CC2=O)cc1. The van der Waals surface area contributed by atoms with Crippen LogP contribution in [0.3, 0.4) is 0 Å². The first-order valence-electron chi connectivity index (χ1n) is 8.84. The third-order valence-corrected chi connectivity index (χ3v) is 4.77. The fourth-order valence-electron chi connectivity index (χ4n) is 3.23. The molecule has 1 fully saturated rings. The van der Waals surface area contributed by atoms with Crippen LogP contribution in [-0.2, 0) is 11.2 Å². The molecule has 3 rings (SSSR count). The van der Waals surface area contributed by atoms with E-state index in [9.17, 15) is 9.59 Å². The van der Waals surface area contributed by atoms with Gasteiger partial charge in [-0.1, -0.05) is 30.3 Å². The van der Waals surface area contributed by atoms with Crippen molar-refractivity contribution in [2.45, 2.75) is 25.8 Å². The zero-order valence-electron chi connectivity index (χ0n) is 15.2. The van der Waals surface area contributed by atoms with Gasteiger partial charge in [0.15, 0.2) is 0 Å². The molecular weight excluding hydrogens is 328 g/mol. The Kier molecular flexibility index (Phi) is 5.56. The van der Waals surface area contributed by atoms with Crippen LogP contribution in [0.5, 0.6) is 5.75 Å². The lowest BCUT2D eigenvalue weighted by atomic mass is 10.1. The first-order chi connectivity index (χ1) is 12.6. The zero-order chi connectivity index (χ0) is 18.5. The quantitative estimate of drug-likeness (QED) is 0.869. The molecule has 5 heteroatoms. The smallest absolute Gasteiger partial charge is 0.251 e. The second kappa shape index (κ2) is 8.04. The third-order valence-electron chi connectivity index (χ3n) is 4.77. The van der Waals surface area contributed by atoms with Gasteiger partial charge < -0.3 is 15.0 Å². The van der Waals surface area contributed by atoms with Gasteiger partial charge in [0, 0.05) is 25.1 Å². The molecule has 0 aromatic heterocycles. The molecule has 0 unspecified atom stereocenters. The van der Waals surface area contributed by atoms with Crippen molar-refractivity contribution < 1.29 is 14.3 Å². The number of rotatable bonds is 6. The maximum Gasteiger partial charge on any atom is 0.251 e. The van der Waals surface area contributed by atoms with E-state index in [1.54, 1.807) is 7.11 Å². The molecule has 1 aliphatic rings. The Morgan fingerprint density at radius 1 is 1.19 bits per heavy atom. The van der Waals surface area contributed by atoms with Gasteiger partial charge in [0.05, 0.1) is 13.2 Å². The number of carbonyl (C=O) groups excluding carboxylic acids is 2. The molecule has 1 N–H and O–H groups in total. The summed E-state index contributed by atoms with van der Waals surface area (Å²) in [5.74, 6) is 0.802. The minimum atomic E-state index is -0.134. The van der Waals surface area contributed by atoms with Gasteiger partial charge in [-0.05, 0) is 42.7 Å². The van der Waals surface area contributed by atoms with Crippen LogP contribution in [0.4, 0.5) is 0 Å². The monoisotopic (exact) mass is 352 g/mol. The van der Waals surface area contributed by atoms with Crippen LogP contribution >= 0.6 is 0 Å². The van der Waals surface area contributed by atoms with E-state index >= 15 is 0 Å². The van der Waals surface area contributed by atoms with Crippen molar-refractivity contribution in [3.8, 4) is 5.75 Å². The van der Waals surface area contributed by atoms with Gasteiger partial charge >= 0.3 is 0 Å². The molecule has 5 nitrogen and oxygen atoms in total. The molecule has 2 aromatic rings.